The van der Waals surface area contributed by atoms with Crippen LogP contribution < -0.4 is 4.72 Å². The van der Waals surface area contributed by atoms with Crippen LogP contribution in [0.4, 0.5) is 0 Å². The first-order chi connectivity index (χ1) is 9.40. The van der Waals surface area contributed by atoms with Crippen molar-refractivity contribution in [3.05, 3.63) is 28.8 Å². The van der Waals surface area contributed by atoms with Crippen LogP contribution in [0.3, 0.4) is 0 Å². The van der Waals surface area contributed by atoms with Crippen LogP contribution in [0.2, 0.25) is 5.02 Å². The molecule has 1 N–H and O–H groups in total. The smallest absolute Gasteiger partial charge is 0.307 e. The minimum Gasteiger partial charge on any atom is -0.466 e. The molecule has 0 aromatic heterocycles. The second kappa shape index (κ2) is 7.24. The monoisotopic (exact) mass is 316 g/mol. The molecule has 0 atom stereocenters. The standard InChI is InChI=1S/C12H13ClN2O4S/c1-2-19-12(16)5-6-15-20(17,18)11-7-10(13)4-3-9(11)8-14/h3-4,7,15H,2,5-6H2,1H3. The summed E-state index contributed by atoms with van der Waals surface area (Å²) < 4.78 is 31.0. The van der Waals surface area contributed by atoms with E-state index in [0.717, 1.165) is 0 Å². The molecule has 8 heteroatoms. The third-order valence-electron chi connectivity index (χ3n) is 2.28. The highest BCUT2D eigenvalue weighted by atomic mass is 35.5. The van der Waals surface area contributed by atoms with Gasteiger partial charge in [-0.05, 0) is 25.1 Å². The van der Waals surface area contributed by atoms with Crippen LogP contribution in [0.1, 0.15) is 18.9 Å². The van der Waals surface area contributed by atoms with Crippen molar-refractivity contribution < 1.29 is 17.9 Å². The van der Waals surface area contributed by atoms with E-state index in [1.54, 1.807) is 13.0 Å². The van der Waals surface area contributed by atoms with E-state index in [-0.39, 0.29) is 35.1 Å². The highest BCUT2D eigenvalue weighted by molar-refractivity contribution is 7.89. The van der Waals surface area contributed by atoms with E-state index < -0.39 is 16.0 Å². The highest BCUT2D eigenvalue weighted by Crippen LogP contribution is 2.20. The Morgan fingerprint density at radius 3 is 2.80 bits per heavy atom. The maximum Gasteiger partial charge on any atom is 0.307 e. The van der Waals surface area contributed by atoms with E-state index in [1.165, 1.54) is 18.2 Å². The minimum atomic E-state index is -3.90. The largest absolute Gasteiger partial charge is 0.466 e. The third kappa shape index (κ3) is 4.49. The molecule has 1 aromatic carbocycles. The number of nitriles is 1. The lowest BCUT2D eigenvalue weighted by Gasteiger charge is -2.08. The molecule has 0 aliphatic rings. The number of hydrogen-bond acceptors (Lipinski definition) is 5. The molecule has 0 amide bonds. The summed E-state index contributed by atoms with van der Waals surface area (Å²) in [4.78, 5) is 10.9. The molecule has 20 heavy (non-hydrogen) atoms. The molecule has 0 fully saturated rings. The molecule has 0 spiro atoms. The van der Waals surface area contributed by atoms with Crippen molar-refractivity contribution >= 4 is 27.6 Å². The van der Waals surface area contributed by atoms with Crippen molar-refractivity contribution in [1.82, 2.24) is 4.72 Å². The fraction of sp³-hybridized carbons (Fsp3) is 0.333. The van der Waals surface area contributed by atoms with Gasteiger partial charge in [-0.2, -0.15) is 5.26 Å². The summed E-state index contributed by atoms with van der Waals surface area (Å²) in [6.07, 6.45) is -0.0878. The van der Waals surface area contributed by atoms with Gasteiger partial charge in [0.15, 0.2) is 0 Å². The van der Waals surface area contributed by atoms with Crippen LogP contribution in [0, 0.1) is 11.3 Å². The molecule has 0 heterocycles. The Morgan fingerprint density at radius 2 is 2.20 bits per heavy atom. The van der Waals surface area contributed by atoms with Gasteiger partial charge in [-0.15, -0.1) is 0 Å². The van der Waals surface area contributed by atoms with Gasteiger partial charge in [0.1, 0.15) is 11.0 Å². The van der Waals surface area contributed by atoms with Crippen molar-refractivity contribution in [2.75, 3.05) is 13.2 Å². The maximum atomic E-state index is 12.0. The zero-order chi connectivity index (χ0) is 15.2. The SMILES string of the molecule is CCOC(=O)CCNS(=O)(=O)c1cc(Cl)ccc1C#N. The quantitative estimate of drug-likeness (QED) is 0.801. The zero-order valence-corrected chi connectivity index (χ0v) is 12.3. The summed E-state index contributed by atoms with van der Waals surface area (Å²) in [6.45, 7) is 1.78. The van der Waals surface area contributed by atoms with E-state index in [9.17, 15) is 13.2 Å². The van der Waals surface area contributed by atoms with Crippen molar-refractivity contribution in [2.24, 2.45) is 0 Å². The van der Waals surface area contributed by atoms with Crippen molar-refractivity contribution in [3.63, 3.8) is 0 Å². The topological polar surface area (TPSA) is 96.3 Å². The van der Waals surface area contributed by atoms with E-state index >= 15 is 0 Å². The van der Waals surface area contributed by atoms with Gasteiger partial charge in [0.2, 0.25) is 10.0 Å². The highest BCUT2D eigenvalue weighted by Gasteiger charge is 2.19. The van der Waals surface area contributed by atoms with Gasteiger partial charge in [-0.3, -0.25) is 4.79 Å². The van der Waals surface area contributed by atoms with Crippen LogP contribution in [-0.2, 0) is 19.6 Å². The Labute approximate surface area is 122 Å². The number of hydrogen-bond donors (Lipinski definition) is 1. The van der Waals surface area contributed by atoms with Gasteiger partial charge >= 0.3 is 5.97 Å². The Hall–Kier alpha value is -1.62. The van der Waals surface area contributed by atoms with E-state index in [0.29, 0.717) is 0 Å². The number of nitrogens with zero attached hydrogens (tertiary/aromatic N) is 1. The second-order valence-corrected chi connectivity index (χ2v) is 5.88. The number of esters is 1. The number of ether oxygens (including phenoxy) is 1. The average molecular weight is 317 g/mol. The molecule has 0 saturated heterocycles. The van der Waals surface area contributed by atoms with E-state index in [1.807, 2.05) is 0 Å². The lowest BCUT2D eigenvalue weighted by atomic mass is 10.2. The number of halogens is 1. The first-order valence-corrected chi connectivity index (χ1v) is 7.61. The first kappa shape index (κ1) is 16.4. The Bertz CT molecular complexity index is 637. The number of nitrogens with one attached hydrogen (secondary N) is 1. The van der Waals surface area contributed by atoms with Crippen LogP contribution in [-0.4, -0.2) is 27.5 Å². The van der Waals surface area contributed by atoms with Crippen molar-refractivity contribution in [2.45, 2.75) is 18.2 Å². The average Bonchev–Trinajstić information content (AvgIpc) is 2.38. The molecule has 0 radical (unpaired) electrons. The van der Waals surface area contributed by atoms with Gasteiger partial charge in [0.25, 0.3) is 0 Å². The molecule has 6 nitrogen and oxygen atoms in total. The predicted molar refractivity (Wildman–Crippen MR) is 72.6 cm³/mol. The van der Waals surface area contributed by atoms with E-state index in [4.69, 9.17) is 16.9 Å². The fourth-order valence-electron chi connectivity index (χ4n) is 1.41. The van der Waals surface area contributed by atoms with Crippen LogP contribution in [0.5, 0.6) is 0 Å². The number of benzene rings is 1. The number of rotatable bonds is 6. The van der Waals surface area contributed by atoms with E-state index in [2.05, 4.69) is 9.46 Å². The molecule has 1 aromatic rings. The molecule has 0 unspecified atom stereocenters. The van der Waals surface area contributed by atoms with Gasteiger partial charge in [-0.25, -0.2) is 13.1 Å². The fourth-order valence-corrected chi connectivity index (χ4v) is 2.86. The Morgan fingerprint density at radius 1 is 1.50 bits per heavy atom. The van der Waals surface area contributed by atoms with Gasteiger partial charge in [-0.1, -0.05) is 11.6 Å². The maximum absolute atomic E-state index is 12.0. The molecule has 108 valence electrons. The third-order valence-corrected chi connectivity index (χ3v) is 4.02. The molecule has 0 bridgehead atoms. The first-order valence-electron chi connectivity index (χ1n) is 5.75. The molecular weight excluding hydrogens is 304 g/mol. The minimum absolute atomic E-state index is 0.0157. The van der Waals surface area contributed by atoms with Gasteiger partial charge < -0.3 is 4.74 Å². The summed E-state index contributed by atoms with van der Waals surface area (Å²) >= 11 is 5.73. The molecule has 0 aliphatic carbocycles. The summed E-state index contributed by atoms with van der Waals surface area (Å²) in [5, 5.41) is 9.10. The Balaban J connectivity index is 2.82. The van der Waals surface area contributed by atoms with Crippen LogP contribution in [0.25, 0.3) is 0 Å². The summed E-state index contributed by atoms with van der Waals surface area (Å²) in [5.41, 5.74) is -0.0157. The van der Waals surface area contributed by atoms with Gasteiger partial charge in [0, 0.05) is 11.6 Å². The number of carbonyl (C=O) groups excluding carboxylic acids is 1. The second-order valence-electron chi connectivity index (χ2n) is 3.71. The lowest BCUT2D eigenvalue weighted by Crippen LogP contribution is -2.27. The predicted octanol–water partition coefficient (Wildman–Crippen LogP) is 1.44. The van der Waals surface area contributed by atoms with Crippen LogP contribution >= 0.6 is 11.6 Å². The molecule has 0 saturated carbocycles. The number of sulfonamides is 1. The summed E-state index contributed by atoms with van der Waals surface area (Å²) in [5.74, 6) is -0.498. The van der Waals surface area contributed by atoms with Crippen molar-refractivity contribution in [1.29, 1.82) is 5.26 Å². The Kier molecular flexibility index (Phi) is 5.95. The lowest BCUT2D eigenvalue weighted by molar-refractivity contribution is -0.142. The van der Waals surface area contributed by atoms with Gasteiger partial charge in [0.05, 0.1) is 18.6 Å². The summed E-state index contributed by atoms with van der Waals surface area (Å²) in [6, 6.07) is 5.72. The molecular formula is C12H13ClN2O4S. The number of carbonyl (C=O) groups is 1. The zero-order valence-electron chi connectivity index (χ0n) is 10.7. The normalized spacial score (nSPS) is 10.8. The molecule has 0 aliphatic heterocycles. The van der Waals surface area contributed by atoms with Crippen molar-refractivity contribution in [3.8, 4) is 6.07 Å². The summed E-state index contributed by atoms with van der Waals surface area (Å²) in [7, 11) is -3.90. The molecule has 1 rings (SSSR count). The van der Waals surface area contributed by atoms with Crippen LogP contribution in [0.15, 0.2) is 23.1 Å².